The minimum atomic E-state index is -4.20. The number of nitrogen functional groups attached to an aromatic ring is 5. The lowest BCUT2D eigenvalue weighted by molar-refractivity contribution is 0.341. The molecule has 5 aromatic rings. The molecule has 15 N–H and O–H groups in total. The molecule has 354 valence electrons. The van der Waals surface area contributed by atoms with E-state index in [0.29, 0.717) is 45.8 Å². The highest BCUT2D eigenvalue weighted by Gasteiger charge is 2.14. The maximum Gasteiger partial charge on any atom is 0.294 e. The lowest BCUT2D eigenvalue weighted by Crippen LogP contribution is -2.02. The fraction of sp³-hybridized carbons (Fsp3) is 0.167. The topological polar surface area (TPSA) is 420 Å². The van der Waals surface area contributed by atoms with Crippen LogP contribution in [-0.4, -0.2) is 78.6 Å². The first-order valence-electron chi connectivity index (χ1n) is 17.3. The van der Waals surface area contributed by atoms with Crippen LogP contribution >= 0.6 is 15.9 Å². The Hall–Kier alpha value is -5.27. The molecule has 0 aliphatic carbocycles. The zero-order valence-electron chi connectivity index (χ0n) is 34.0. The van der Waals surface area contributed by atoms with Crippen LogP contribution in [0.1, 0.15) is 25.0 Å². The van der Waals surface area contributed by atoms with Gasteiger partial charge in [-0.15, -0.1) is 0 Å². The number of aryl methyl sites for hydroxylation is 2. The van der Waals surface area contributed by atoms with E-state index in [4.69, 9.17) is 60.9 Å². The van der Waals surface area contributed by atoms with Crippen LogP contribution in [0.2, 0.25) is 0 Å². The molecule has 0 heterocycles. The second kappa shape index (κ2) is 23.6. The number of nitrogens with two attached hydrogens (primary N) is 5. The summed E-state index contributed by atoms with van der Waals surface area (Å²) in [5, 5.41) is 0. The van der Waals surface area contributed by atoms with E-state index in [-0.39, 0.29) is 41.7 Å². The third kappa shape index (κ3) is 18.8. The van der Waals surface area contributed by atoms with E-state index in [1.807, 2.05) is 6.92 Å². The van der Waals surface area contributed by atoms with E-state index in [9.17, 15) is 42.1 Å². The molecule has 22 nitrogen and oxygen atoms in total. The van der Waals surface area contributed by atoms with Crippen molar-refractivity contribution in [2.24, 2.45) is 0 Å². The number of benzene rings is 5. The number of methoxy groups -OCH3 is 1. The van der Waals surface area contributed by atoms with E-state index >= 15 is 0 Å². The summed E-state index contributed by atoms with van der Waals surface area (Å²) in [6.45, 7) is 5.65. The molecule has 0 aliphatic heterocycles. The van der Waals surface area contributed by atoms with Gasteiger partial charge in [-0.25, -0.2) is 0 Å². The molecule has 0 aromatic heterocycles. The van der Waals surface area contributed by atoms with Crippen LogP contribution < -0.4 is 38.1 Å². The Morgan fingerprint density at radius 2 is 0.812 bits per heavy atom. The molecule has 0 bridgehead atoms. The zero-order valence-corrected chi connectivity index (χ0v) is 39.7. The summed E-state index contributed by atoms with van der Waals surface area (Å²) in [6.07, 6.45) is 0.634. The molecule has 5 rings (SSSR count). The van der Waals surface area contributed by atoms with Gasteiger partial charge in [-0.3, -0.25) is 22.8 Å². The Morgan fingerprint density at radius 3 is 1.19 bits per heavy atom. The van der Waals surface area contributed by atoms with Gasteiger partial charge in [-0.2, -0.15) is 42.1 Å². The highest BCUT2D eigenvalue weighted by Crippen LogP contribution is 2.26. The largest absolute Gasteiger partial charge is 0.495 e. The molecule has 0 amide bonds. The van der Waals surface area contributed by atoms with Crippen LogP contribution in [-0.2, 0) is 57.0 Å². The molecule has 0 spiro atoms. The van der Waals surface area contributed by atoms with Crippen molar-refractivity contribution in [2.45, 2.75) is 51.7 Å². The second-order valence-electron chi connectivity index (χ2n) is 12.3. The van der Waals surface area contributed by atoms with E-state index < -0.39 is 50.6 Å². The van der Waals surface area contributed by atoms with E-state index in [1.54, 1.807) is 13.8 Å². The van der Waals surface area contributed by atoms with E-state index in [0.717, 1.165) is 11.6 Å². The summed E-state index contributed by atoms with van der Waals surface area (Å²) in [6, 6.07) is 19.5. The molecule has 28 heteroatoms. The molecule has 0 aliphatic rings. The second-order valence-corrected chi connectivity index (χ2v) is 20.3. The van der Waals surface area contributed by atoms with Gasteiger partial charge in [0.1, 0.15) is 11.5 Å². The van der Waals surface area contributed by atoms with Crippen LogP contribution in [0.3, 0.4) is 0 Å². The van der Waals surface area contributed by atoms with Gasteiger partial charge in [0.05, 0.1) is 49.6 Å². The van der Waals surface area contributed by atoms with Crippen molar-refractivity contribution in [3.05, 3.63) is 107 Å². The SMILES string of the molecule is CCOc1cc(S(=O)(=O)O)ccc1N.CCc1cc(S(=O)(=O)O)ccc1N.COc1cc(S(=O)(=O)O)ccc1N.Cc1cc(S(=O)(=O)O)ccc1N.Nc1cc(S(=O)(=O)O)ccc1Br. The number of anilines is 5. The van der Waals surface area contributed by atoms with Gasteiger partial charge in [0.2, 0.25) is 0 Å². The van der Waals surface area contributed by atoms with Gasteiger partial charge in [0, 0.05) is 33.7 Å². The normalized spacial score (nSPS) is 11.4. The van der Waals surface area contributed by atoms with Crippen molar-refractivity contribution < 1.29 is 74.3 Å². The highest BCUT2D eigenvalue weighted by atomic mass is 79.9. The number of hydrogen-bond acceptors (Lipinski definition) is 17. The number of ether oxygens (including phenoxy) is 2. The Kier molecular flexibility index (Phi) is 20.9. The van der Waals surface area contributed by atoms with Crippen molar-refractivity contribution in [1.29, 1.82) is 0 Å². The van der Waals surface area contributed by atoms with Crippen molar-refractivity contribution in [2.75, 3.05) is 42.4 Å². The zero-order chi connectivity index (χ0) is 49.6. The van der Waals surface area contributed by atoms with Crippen molar-refractivity contribution in [1.82, 2.24) is 0 Å². The standard InChI is InChI=1S/C8H11NO4S.C8H11NO3S.C7H9NO4S.C7H9NO3S.C6H6BrNO3S/c1-2-13-8-5-6(14(10,11)12)3-4-7(8)9;1-2-6-5-7(13(10,11)12)3-4-8(6)9;1-12-7-4-5(13(9,10)11)2-3-6(7)8;1-5-4-6(12(9,10)11)2-3-7(5)8;7-5-2-1-4(3-6(5)8)12(9,10)11/h3-5H,2,9H2,1H3,(H,10,11,12);3-5H,2,9H2,1H3,(H,10,11,12);2-4H,8H2,1H3,(H,9,10,11);2-4H,8H2,1H3,(H,9,10,11);1-3H,8H2,(H,9,10,11). The number of hydrogen-bond donors (Lipinski definition) is 10. The third-order valence-corrected chi connectivity index (χ3v) is 12.7. The Balaban J connectivity index is 0.000000400. The van der Waals surface area contributed by atoms with Gasteiger partial charge in [0.25, 0.3) is 50.6 Å². The molecular formula is C36H46BrN5O17S5. The Morgan fingerprint density at radius 1 is 0.469 bits per heavy atom. The van der Waals surface area contributed by atoms with Gasteiger partial charge in [-0.05, 0) is 126 Å². The van der Waals surface area contributed by atoms with Crippen LogP contribution in [0.25, 0.3) is 0 Å². The van der Waals surface area contributed by atoms with E-state index in [2.05, 4.69) is 15.9 Å². The van der Waals surface area contributed by atoms with Crippen LogP contribution in [0, 0.1) is 6.92 Å². The van der Waals surface area contributed by atoms with Crippen molar-refractivity contribution >= 4 is 95.0 Å². The average molecular weight is 1060 g/mol. The summed E-state index contributed by atoms with van der Waals surface area (Å²) in [5.41, 5.74) is 30.7. The van der Waals surface area contributed by atoms with Gasteiger partial charge in [-0.1, -0.05) is 6.92 Å². The fourth-order valence-electron chi connectivity index (χ4n) is 4.35. The molecule has 64 heavy (non-hydrogen) atoms. The predicted molar refractivity (Wildman–Crippen MR) is 243 cm³/mol. The summed E-state index contributed by atoms with van der Waals surface area (Å²) in [7, 11) is -19.4. The predicted octanol–water partition coefficient (Wildman–Crippen LogP) is 4.62. The quantitative estimate of drug-likeness (QED) is 0.0711. The van der Waals surface area contributed by atoms with Gasteiger partial charge < -0.3 is 38.1 Å². The highest BCUT2D eigenvalue weighted by molar-refractivity contribution is 9.10. The van der Waals surface area contributed by atoms with Crippen LogP contribution in [0.5, 0.6) is 11.5 Å². The minimum Gasteiger partial charge on any atom is -0.495 e. The van der Waals surface area contributed by atoms with Crippen molar-refractivity contribution in [3.63, 3.8) is 0 Å². The van der Waals surface area contributed by atoms with Gasteiger partial charge in [0.15, 0.2) is 0 Å². The molecule has 0 atom stereocenters. The molecule has 0 saturated carbocycles. The lowest BCUT2D eigenvalue weighted by atomic mass is 10.1. The Labute approximate surface area is 379 Å². The number of rotatable bonds is 9. The number of halogens is 1. The van der Waals surface area contributed by atoms with E-state index in [1.165, 1.54) is 92.0 Å². The fourth-order valence-corrected chi connectivity index (χ4v) is 7.20. The maximum absolute atomic E-state index is 10.8. The molecule has 0 radical (unpaired) electrons. The summed E-state index contributed by atoms with van der Waals surface area (Å²) in [4.78, 5) is -0.912. The maximum atomic E-state index is 10.8. The first-order chi connectivity index (χ1) is 29.2. The molecular weight excluding hydrogens is 1010 g/mol. The molecule has 5 aromatic carbocycles. The summed E-state index contributed by atoms with van der Waals surface area (Å²) < 4.78 is 161. The lowest BCUT2D eigenvalue weighted by Gasteiger charge is -2.07. The average Bonchev–Trinajstić information content (AvgIpc) is 3.17. The first kappa shape index (κ1) is 56.7. The Bertz CT molecular complexity index is 2830. The van der Waals surface area contributed by atoms with Crippen LogP contribution in [0.15, 0.2) is 120 Å². The summed E-state index contributed by atoms with van der Waals surface area (Å²) >= 11 is 3.09. The molecule has 0 fully saturated rings. The first-order valence-corrected chi connectivity index (χ1v) is 25.3. The molecule has 0 saturated heterocycles. The summed E-state index contributed by atoms with van der Waals surface area (Å²) in [5.74, 6) is 0.470. The third-order valence-electron chi connectivity index (χ3n) is 7.68. The van der Waals surface area contributed by atoms with Crippen LogP contribution in [0.4, 0.5) is 28.4 Å². The monoisotopic (exact) mass is 1060 g/mol. The van der Waals surface area contributed by atoms with Gasteiger partial charge >= 0.3 is 0 Å². The smallest absolute Gasteiger partial charge is 0.294 e. The van der Waals surface area contributed by atoms with Crippen molar-refractivity contribution in [3.8, 4) is 11.5 Å². The molecule has 0 unspecified atom stereocenters. The minimum absolute atomic E-state index is 0.112.